The molecule has 4 N–H and O–H groups in total. The number of carbonyl (C=O) groups excluding carboxylic acids is 1. The largest absolute Gasteiger partial charge is 0.387 e. The van der Waals surface area contributed by atoms with Gasteiger partial charge in [0, 0.05) is 41.6 Å². The lowest BCUT2D eigenvalue weighted by atomic mass is 9.87. The summed E-state index contributed by atoms with van der Waals surface area (Å²) in [4.78, 5) is 31.7. The van der Waals surface area contributed by atoms with Crippen molar-refractivity contribution in [1.29, 1.82) is 0 Å². The van der Waals surface area contributed by atoms with Crippen LogP contribution in [0.4, 0.5) is 11.5 Å². The Hall–Kier alpha value is -3.66. The predicted octanol–water partition coefficient (Wildman–Crippen LogP) is 3.39. The highest BCUT2D eigenvalue weighted by Gasteiger charge is 2.29. The molecule has 0 saturated carbocycles. The van der Waals surface area contributed by atoms with Gasteiger partial charge in [-0.05, 0) is 43.0 Å². The molecule has 3 heterocycles. The lowest BCUT2D eigenvalue weighted by Gasteiger charge is -2.19. The number of nitrogens with one attached hydrogen (secondary N) is 2. The molecule has 3 aromatic heterocycles. The summed E-state index contributed by atoms with van der Waals surface area (Å²) < 4.78 is 0. The smallest absolute Gasteiger partial charge is 0.250 e. The van der Waals surface area contributed by atoms with Crippen LogP contribution in [0, 0.1) is 5.92 Å². The number of hydrogen-bond acceptors (Lipinski definition) is 7. The van der Waals surface area contributed by atoms with Crippen molar-refractivity contribution in [2.24, 2.45) is 21.6 Å². The van der Waals surface area contributed by atoms with Crippen LogP contribution in [0.5, 0.6) is 0 Å². The number of fused-ring (bicyclic) bond motifs is 4. The topological polar surface area (TPSA) is 134 Å². The van der Waals surface area contributed by atoms with E-state index in [2.05, 4.69) is 35.5 Å². The van der Waals surface area contributed by atoms with E-state index in [9.17, 15) is 4.79 Å². The number of aliphatic imine (C=N–C) groups is 2. The Morgan fingerprint density at radius 1 is 1.41 bits per heavy atom. The highest BCUT2D eigenvalue weighted by Crippen LogP contribution is 2.40. The number of nitrogens with two attached hydrogens (primary N) is 1. The summed E-state index contributed by atoms with van der Waals surface area (Å²) in [5.41, 5.74) is 8.99. The van der Waals surface area contributed by atoms with Gasteiger partial charge in [0.05, 0.1) is 17.1 Å². The van der Waals surface area contributed by atoms with Crippen LogP contribution in [0.2, 0.25) is 0 Å². The molecule has 9 nitrogen and oxygen atoms in total. The summed E-state index contributed by atoms with van der Waals surface area (Å²) in [6, 6.07) is 6.01. The van der Waals surface area contributed by atoms with Crippen molar-refractivity contribution < 1.29 is 4.79 Å². The first kappa shape index (κ1) is 20.3. The van der Waals surface area contributed by atoms with Crippen LogP contribution < -0.4 is 11.1 Å². The van der Waals surface area contributed by atoms with Gasteiger partial charge in [0.15, 0.2) is 0 Å². The average molecular weight is 447 g/mol. The van der Waals surface area contributed by atoms with Gasteiger partial charge in [-0.3, -0.25) is 9.89 Å². The molecule has 0 bridgehead atoms. The van der Waals surface area contributed by atoms with Crippen LogP contribution in [0.1, 0.15) is 23.3 Å². The monoisotopic (exact) mass is 446 g/mol. The molecule has 4 aromatic rings. The SMILES string of the molecule is CN=CCC(N)=NC(=O)C1CCc2c(sc3ncnc(Nc4ccc5[nH]ncc5c4)c23)C1. The van der Waals surface area contributed by atoms with Crippen molar-refractivity contribution in [1.82, 2.24) is 20.2 Å². The second-order valence-corrected chi connectivity index (χ2v) is 8.81. The molecule has 1 amide bonds. The molecule has 5 rings (SSSR count). The zero-order chi connectivity index (χ0) is 22.1. The van der Waals surface area contributed by atoms with Crippen LogP contribution >= 0.6 is 11.3 Å². The molecular weight excluding hydrogens is 424 g/mol. The van der Waals surface area contributed by atoms with E-state index in [1.165, 1.54) is 10.4 Å². The number of carbonyl (C=O) groups is 1. The lowest BCUT2D eigenvalue weighted by molar-refractivity contribution is -0.121. The van der Waals surface area contributed by atoms with Gasteiger partial charge in [0.1, 0.15) is 22.8 Å². The third-order valence-electron chi connectivity index (χ3n) is 5.63. The van der Waals surface area contributed by atoms with Crippen LogP contribution in [0.15, 0.2) is 40.7 Å². The molecule has 10 heteroatoms. The number of hydrogen-bond donors (Lipinski definition) is 3. The maximum Gasteiger partial charge on any atom is 0.250 e. The van der Waals surface area contributed by atoms with E-state index in [1.807, 2.05) is 18.2 Å². The minimum atomic E-state index is -0.166. The molecule has 1 aliphatic rings. The Bertz CT molecular complexity index is 1370. The van der Waals surface area contributed by atoms with Crippen molar-refractivity contribution in [2.45, 2.75) is 25.7 Å². The zero-order valence-corrected chi connectivity index (χ0v) is 18.3. The molecule has 1 aliphatic carbocycles. The fraction of sp³-hybridized carbons (Fsp3) is 0.273. The zero-order valence-electron chi connectivity index (χ0n) is 17.5. The maximum absolute atomic E-state index is 12.6. The van der Waals surface area contributed by atoms with Crippen LogP contribution in [-0.4, -0.2) is 45.2 Å². The van der Waals surface area contributed by atoms with Crippen molar-refractivity contribution >= 4 is 61.9 Å². The highest BCUT2D eigenvalue weighted by molar-refractivity contribution is 7.19. The summed E-state index contributed by atoms with van der Waals surface area (Å²) in [6.07, 6.45) is 7.56. The number of H-pyrrole nitrogens is 1. The molecule has 1 unspecified atom stereocenters. The molecular formula is C22H22N8OS. The minimum Gasteiger partial charge on any atom is -0.387 e. The highest BCUT2D eigenvalue weighted by atomic mass is 32.1. The average Bonchev–Trinajstić information content (AvgIpc) is 3.41. The number of anilines is 2. The Morgan fingerprint density at radius 3 is 3.19 bits per heavy atom. The number of benzene rings is 1. The van der Waals surface area contributed by atoms with E-state index in [0.717, 1.165) is 45.5 Å². The lowest BCUT2D eigenvalue weighted by Crippen LogP contribution is -2.23. The van der Waals surface area contributed by atoms with E-state index >= 15 is 0 Å². The number of nitrogens with zero attached hydrogens (tertiary/aromatic N) is 5. The molecule has 1 atom stereocenters. The number of aromatic nitrogens is 4. The third-order valence-corrected chi connectivity index (χ3v) is 6.80. The van der Waals surface area contributed by atoms with Crippen molar-refractivity contribution in [2.75, 3.05) is 12.4 Å². The van der Waals surface area contributed by atoms with Gasteiger partial charge in [-0.1, -0.05) is 0 Å². The second kappa shape index (κ2) is 8.46. The van der Waals surface area contributed by atoms with Crippen LogP contribution in [0.25, 0.3) is 21.1 Å². The normalized spacial score (nSPS) is 16.7. The molecule has 0 radical (unpaired) electrons. The maximum atomic E-state index is 12.6. The first-order valence-electron chi connectivity index (χ1n) is 10.3. The molecule has 0 saturated heterocycles. The van der Waals surface area contributed by atoms with E-state index in [-0.39, 0.29) is 11.8 Å². The number of aromatic amines is 1. The fourth-order valence-electron chi connectivity index (χ4n) is 4.04. The summed E-state index contributed by atoms with van der Waals surface area (Å²) in [6.45, 7) is 0. The quantitative estimate of drug-likeness (QED) is 0.318. The van der Waals surface area contributed by atoms with Gasteiger partial charge in [0.25, 0.3) is 5.91 Å². The van der Waals surface area contributed by atoms with Gasteiger partial charge in [-0.2, -0.15) is 5.10 Å². The Morgan fingerprint density at radius 2 is 2.31 bits per heavy atom. The molecule has 32 heavy (non-hydrogen) atoms. The van der Waals surface area contributed by atoms with Gasteiger partial charge in [0.2, 0.25) is 0 Å². The Kier molecular flexibility index (Phi) is 5.36. The number of amidine groups is 1. The van der Waals surface area contributed by atoms with Gasteiger partial charge in [-0.15, -0.1) is 11.3 Å². The Balaban J connectivity index is 1.42. The van der Waals surface area contributed by atoms with Crippen molar-refractivity contribution in [3.8, 4) is 0 Å². The fourth-order valence-corrected chi connectivity index (χ4v) is 5.30. The molecule has 1 aromatic carbocycles. The molecule has 0 fully saturated rings. The summed E-state index contributed by atoms with van der Waals surface area (Å²) in [5, 5.41) is 12.5. The van der Waals surface area contributed by atoms with E-state index in [0.29, 0.717) is 18.7 Å². The third kappa shape index (κ3) is 3.84. The molecule has 0 spiro atoms. The summed E-state index contributed by atoms with van der Waals surface area (Å²) in [7, 11) is 1.67. The predicted molar refractivity (Wildman–Crippen MR) is 128 cm³/mol. The second-order valence-electron chi connectivity index (χ2n) is 7.73. The van der Waals surface area contributed by atoms with Crippen molar-refractivity contribution in [3.05, 3.63) is 41.2 Å². The molecule has 0 aliphatic heterocycles. The van der Waals surface area contributed by atoms with Gasteiger partial charge >= 0.3 is 0 Å². The molecule has 162 valence electrons. The van der Waals surface area contributed by atoms with Gasteiger partial charge < -0.3 is 16.0 Å². The van der Waals surface area contributed by atoms with Crippen molar-refractivity contribution in [3.63, 3.8) is 0 Å². The van der Waals surface area contributed by atoms with Gasteiger partial charge in [-0.25, -0.2) is 15.0 Å². The van der Waals surface area contributed by atoms with E-state index in [1.54, 1.807) is 37.1 Å². The number of thiophene rings is 1. The van der Waals surface area contributed by atoms with E-state index in [4.69, 9.17) is 5.73 Å². The first-order chi connectivity index (χ1) is 15.6. The van der Waals surface area contributed by atoms with Crippen LogP contribution in [0.3, 0.4) is 0 Å². The Labute approximate surface area is 187 Å². The standard InChI is InChI=1S/C22H22N8OS/c1-24-7-6-18(23)29-21(31)12-2-4-15-17(9-12)32-22-19(15)20(25-11-26-22)28-14-3-5-16-13(8-14)10-27-30-16/h3,5,7-8,10-12H,2,4,6,9H2,1H3,(H,27,30)(H2,23,29,31)(H,25,26,28). The number of rotatable bonds is 5. The first-order valence-corrected chi connectivity index (χ1v) is 11.2. The summed E-state index contributed by atoms with van der Waals surface area (Å²) in [5.74, 6) is 0.754. The number of aryl methyl sites for hydroxylation is 1. The number of amides is 1. The van der Waals surface area contributed by atoms with E-state index < -0.39 is 0 Å². The summed E-state index contributed by atoms with van der Waals surface area (Å²) >= 11 is 1.62. The van der Waals surface area contributed by atoms with Crippen LogP contribution in [-0.2, 0) is 17.6 Å². The minimum absolute atomic E-state index is 0.159.